The highest BCUT2D eigenvalue weighted by Gasteiger charge is 2.03. The minimum Gasteiger partial charge on any atom is -0.484 e. The molecular formula is C15H18N6O4. The highest BCUT2D eigenvalue weighted by Crippen LogP contribution is 2.13. The molecule has 0 saturated heterocycles. The Hall–Kier alpha value is -3.37. The number of nitroso groups, excluding NO2 is 1. The Morgan fingerprint density at radius 2 is 2.08 bits per heavy atom. The highest BCUT2D eigenvalue weighted by molar-refractivity contribution is 5.82. The van der Waals surface area contributed by atoms with Crippen molar-refractivity contribution < 1.29 is 14.7 Å². The molecule has 0 saturated carbocycles. The first-order valence-corrected chi connectivity index (χ1v) is 6.91. The van der Waals surface area contributed by atoms with Gasteiger partial charge in [-0.1, -0.05) is 18.2 Å². The number of nitrogens with one attached hydrogen (secondary N) is 1. The first-order valence-electron chi connectivity index (χ1n) is 6.91. The molecule has 0 atom stereocenters. The van der Waals surface area contributed by atoms with Crippen LogP contribution in [0.3, 0.4) is 0 Å². The molecule has 1 amide bonds. The van der Waals surface area contributed by atoms with Gasteiger partial charge in [-0.3, -0.25) is 15.0 Å². The van der Waals surface area contributed by atoms with Crippen molar-refractivity contribution in [3.05, 3.63) is 64.8 Å². The summed E-state index contributed by atoms with van der Waals surface area (Å²) in [6, 6.07) is 10.1. The normalized spacial score (nSPS) is 9.96. The number of carbonyl (C=O) groups excluding carboxylic acids is 1. The fourth-order valence-electron chi connectivity index (χ4n) is 1.70. The number of hydrogen-bond donors (Lipinski definition) is 3. The standard InChI is InChI=1S/C15H15N5O4.H3N/c21-15(18-17-9-13-2-1-7-16-8-13)11-24-14-5-3-12(4-6-14)10-20(23)19-22;/h1-9,23H,10-11H2,(H,18,21);1H3/b17-9+;. The average Bonchev–Trinajstić information content (AvgIpc) is 2.62. The molecule has 1 heterocycles. The Balaban J connectivity index is 0.00000312. The lowest BCUT2D eigenvalue weighted by Gasteiger charge is -2.08. The van der Waals surface area contributed by atoms with Gasteiger partial charge in [0.1, 0.15) is 5.75 Å². The van der Waals surface area contributed by atoms with E-state index in [0.717, 1.165) is 5.56 Å². The molecule has 25 heavy (non-hydrogen) atoms. The van der Waals surface area contributed by atoms with Crippen LogP contribution in [-0.2, 0) is 11.3 Å². The molecule has 0 fully saturated rings. The van der Waals surface area contributed by atoms with Gasteiger partial charge < -0.3 is 10.9 Å². The zero-order valence-electron chi connectivity index (χ0n) is 13.3. The van der Waals surface area contributed by atoms with Crippen LogP contribution < -0.4 is 16.3 Å². The minimum absolute atomic E-state index is 0. The number of carbonyl (C=O) groups is 1. The molecule has 5 N–H and O–H groups in total. The Morgan fingerprint density at radius 1 is 1.32 bits per heavy atom. The van der Waals surface area contributed by atoms with Gasteiger partial charge in [0, 0.05) is 18.0 Å². The van der Waals surface area contributed by atoms with Crippen molar-refractivity contribution in [2.24, 2.45) is 10.4 Å². The highest BCUT2D eigenvalue weighted by atomic mass is 16.6. The molecule has 0 aliphatic heterocycles. The van der Waals surface area contributed by atoms with Gasteiger partial charge in [-0.25, -0.2) is 5.43 Å². The SMILES string of the molecule is N.O=NN(O)Cc1ccc(OCC(=O)N/N=C/c2cccnc2)cc1. The van der Waals surface area contributed by atoms with Crippen LogP contribution in [0.2, 0.25) is 0 Å². The molecule has 0 aliphatic carbocycles. The fourth-order valence-corrected chi connectivity index (χ4v) is 1.70. The number of benzene rings is 1. The van der Waals surface area contributed by atoms with Crippen LogP contribution >= 0.6 is 0 Å². The van der Waals surface area contributed by atoms with Crippen molar-refractivity contribution in [1.82, 2.24) is 21.7 Å². The summed E-state index contributed by atoms with van der Waals surface area (Å²) in [5.74, 6) is 0.0552. The second-order valence-electron chi connectivity index (χ2n) is 4.62. The molecule has 0 aliphatic rings. The molecule has 0 unspecified atom stereocenters. The maximum Gasteiger partial charge on any atom is 0.277 e. The second kappa shape index (κ2) is 10.4. The van der Waals surface area contributed by atoms with Crippen molar-refractivity contribution in [3.8, 4) is 5.75 Å². The van der Waals surface area contributed by atoms with Gasteiger partial charge in [-0.15, -0.1) is 10.1 Å². The van der Waals surface area contributed by atoms with Crippen molar-refractivity contribution in [2.75, 3.05) is 6.61 Å². The van der Waals surface area contributed by atoms with Crippen molar-refractivity contribution in [3.63, 3.8) is 0 Å². The first kappa shape index (κ1) is 19.7. The minimum atomic E-state index is -0.411. The van der Waals surface area contributed by atoms with E-state index in [2.05, 4.69) is 20.8 Å². The molecule has 0 radical (unpaired) electrons. The van der Waals surface area contributed by atoms with Crippen LogP contribution in [-0.4, -0.2) is 34.1 Å². The molecule has 10 nitrogen and oxygen atoms in total. The first-order chi connectivity index (χ1) is 11.7. The third-order valence-corrected chi connectivity index (χ3v) is 2.80. The molecule has 0 bridgehead atoms. The third-order valence-electron chi connectivity index (χ3n) is 2.80. The van der Waals surface area contributed by atoms with Crippen LogP contribution in [0.5, 0.6) is 5.75 Å². The van der Waals surface area contributed by atoms with Crippen LogP contribution in [0.25, 0.3) is 0 Å². The van der Waals surface area contributed by atoms with Crippen molar-refractivity contribution in [2.45, 2.75) is 6.54 Å². The monoisotopic (exact) mass is 346 g/mol. The molecule has 1 aromatic carbocycles. The Morgan fingerprint density at radius 3 is 2.72 bits per heavy atom. The van der Waals surface area contributed by atoms with E-state index in [1.54, 1.807) is 48.8 Å². The molecular weight excluding hydrogens is 328 g/mol. The van der Waals surface area contributed by atoms with E-state index < -0.39 is 5.91 Å². The quantitative estimate of drug-likeness (QED) is 0.373. The maximum atomic E-state index is 11.6. The Bertz CT molecular complexity index is 693. The lowest BCUT2D eigenvalue weighted by atomic mass is 10.2. The van der Waals surface area contributed by atoms with Crippen molar-refractivity contribution >= 4 is 12.1 Å². The van der Waals surface area contributed by atoms with E-state index in [1.807, 2.05) is 0 Å². The lowest BCUT2D eigenvalue weighted by molar-refractivity contribution is -0.123. The zero-order valence-corrected chi connectivity index (χ0v) is 13.3. The molecule has 2 aromatic rings. The van der Waals surface area contributed by atoms with Crippen LogP contribution in [0.15, 0.2) is 59.2 Å². The fraction of sp³-hybridized carbons (Fsp3) is 0.133. The van der Waals surface area contributed by atoms with E-state index in [4.69, 9.17) is 9.94 Å². The van der Waals surface area contributed by atoms with Gasteiger partial charge in [0.25, 0.3) is 5.91 Å². The topological polar surface area (TPSA) is 151 Å². The summed E-state index contributed by atoms with van der Waals surface area (Å²) in [4.78, 5) is 25.6. The molecule has 2 rings (SSSR count). The van der Waals surface area contributed by atoms with Crippen LogP contribution in [0.4, 0.5) is 0 Å². The van der Waals surface area contributed by atoms with E-state index >= 15 is 0 Å². The molecule has 10 heteroatoms. The number of hydrazone groups is 1. The lowest BCUT2D eigenvalue weighted by Crippen LogP contribution is -2.24. The maximum absolute atomic E-state index is 11.6. The number of aromatic nitrogens is 1. The van der Waals surface area contributed by atoms with Gasteiger partial charge in [-0.2, -0.15) is 5.10 Å². The summed E-state index contributed by atoms with van der Waals surface area (Å²) < 4.78 is 5.30. The van der Waals surface area contributed by atoms with E-state index in [1.165, 1.54) is 6.21 Å². The van der Waals surface area contributed by atoms with Crippen LogP contribution in [0.1, 0.15) is 11.1 Å². The van der Waals surface area contributed by atoms with Gasteiger partial charge in [-0.05, 0) is 23.8 Å². The largest absolute Gasteiger partial charge is 0.484 e. The zero-order chi connectivity index (χ0) is 17.2. The average molecular weight is 346 g/mol. The Labute approximate surface area is 143 Å². The number of hydrogen-bond acceptors (Lipinski definition) is 8. The summed E-state index contributed by atoms with van der Waals surface area (Å²) in [6.07, 6.45) is 4.73. The molecule has 1 aromatic heterocycles. The van der Waals surface area contributed by atoms with Gasteiger partial charge >= 0.3 is 0 Å². The summed E-state index contributed by atoms with van der Waals surface area (Å²) >= 11 is 0. The number of amides is 1. The predicted octanol–water partition coefficient (Wildman–Crippen LogP) is 1.65. The van der Waals surface area contributed by atoms with Gasteiger partial charge in [0.05, 0.1) is 18.0 Å². The number of nitrogens with zero attached hydrogens (tertiary/aromatic N) is 4. The number of ether oxygens (including phenoxy) is 1. The number of hydroxylamine groups is 1. The van der Waals surface area contributed by atoms with E-state index in [9.17, 15) is 9.70 Å². The van der Waals surface area contributed by atoms with E-state index in [0.29, 0.717) is 11.3 Å². The van der Waals surface area contributed by atoms with Gasteiger partial charge in [0.15, 0.2) is 6.61 Å². The van der Waals surface area contributed by atoms with Crippen molar-refractivity contribution in [1.29, 1.82) is 0 Å². The summed E-state index contributed by atoms with van der Waals surface area (Å²) in [5.41, 5.74) is 3.76. The van der Waals surface area contributed by atoms with E-state index in [-0.39, 0.29) is 24.5 Å². The summed E-state index contributed by atoms with van der Waals surface area (Å²) in [6.45, 7) is -0.237. The smallest absolute Gasteiger partial charge is 0.277 e. The summed E-state index contributed by atoms with van der Waals surface area (Å²) in [7, 11) is 0. The van der Waals surface area contributed by atoms with Crippen LogP contribution in [0, 0.1) is 4.91 Å². The Kier molecular flexibility index (Phi) is 8.20. The number of rotatable bonds is 8. The molecule has 0 spiro atoms. The molecule has 132 valence electrons. The van der Waals surface area contributed by atoms with Gasteiger partial charge in [0.2, 0.25) is 0 Å². The second-order valence-corrected chi connectivity index (χ2v) is 4.62. The summed E-state index contributed by atoms with van der Waals surface area (Å²) in [5, 5.41) is 15.4. The predicted molar refractivity (Wildman–Crippen MR) is 90.1 cm³/mol. The third kappa shape index (κ3) is 7.16. The number of pyridine rings is 1.